The van der Waals surface area contributed by atoms with Crippen molar-refractivity contribution in [2.24, 2.45) is 5.92 Å². The quantitative estimate of drug-likeness (QED) is 0.444. The highest BCUT2D eigenvalue weighted by Gasteiger charge is 2.06. The maximum absolute atomic E-state index is 5.47. The van der Waals surface area contributed by atoms with E-state index in [4.69, 9.17) is 6.92 Å². The molecule has 1 nitrogen and oxygen atoms in total. The minimum atomic E-state index is 0.435. The second-order valence-electron chi connectivity index (χ2n) is 1.75. The molecule has 1 unspecified atom stereocenters. The van der Waals surface area contributed by atoms with E-state index in [-0.39, 0.29) is 0 Å². The Morgan fingerprint density at radius 2 is 2.50 bits per heavy atom. The number of rotatable bonds is 0. The van der Waals surface area contributed by atoms with Crippen LogP contribution in [0.3, 0.4) is 0 Å². The Labute approximate surface area is 38.7 Å². The molecular formula is C5H9N. The fourth-order valence-electron chi connectivity index (χ4n) is 0.677. The SMILES string of the molecule is [CH]C1CCNC1. The molecule has 0 aromatic rings. The van der Waals surface area contributed by atoms with Gasteiger partial charge in [0.2, 0.25) is 0 Å². The Hall–Kier alpha value is -0.0400. The molecule has 2 radical (unpaired) electrons. The fourth-order valence-corrected chi connectivity index (χ4v) is 0.677. The average molecular weight is 83.1 g/mol. The summed E-state index contributed by atoms with van der Waals surface area (Å²) in [5, 5.41) is 3.15. The summed E-state index contributed by atoms with van der Waals surface area (Å²) >= 11 is 0. The normalized spacial score (nSPS) is 34.5. The summed E-state index contributed by atoms with van der Waals surface area (Å²) in [7, 11) is 0. The van der Waals surface area contributed by atoms with Crippen LogP contribution in [0.1, 0.15) is 6.42 Å². The summed E-state index contributed by atoms with van der Waals surface area (Å²) in [5.41, 5.74) is 0. The van der Waals surface area contributed by atoms with Gasteiger partial charge in [-0.2, -0.15) is 0 Å². The topological polar surface area (TPSA) is 12.0 Å². The number of hydrogen-bond donors (Lipinski definition) is 1. The Kier molecular flexibility index (Phi) is 1.10. The van der Waals surface area contributed by atoms with Crippen LogP contribution in [0.2, 0.25) is 0 Å². The van der Waals surface area contributed by atoms with Crippen molar-refractivity contribution in [3.8, 4) is 0 Å². The third kappa shape index (κ3) is 0.716. The van der Waals surface area contributed by atoms with Crippen LogP contribution in [0, 0.1) is 12.8 Å². The molecule has 1 fully saturated rings. The second-order valence-corrected chi connectivity index (χ2v) is 1.75. The number of hydrogen-bond acceptors (Lipinski definition) is 1. The molecule has 1 atom stereocenters. The van der Waals surface area contributed by atoms with E-state index < -0.39 is 0 Å². The van der Waals surface area contributed by atoms with Gasteiger partial charge in [-0.1, -0.05) is 0 Å². The minimum Gasteiger partial charge on any atom is -0.316 e. The molecule has 1 heteroatoms. The molecule has 1 aliphatic heterocycles. The second kappa shape index (κ2) is 1.61. The highest BCUT2D eigenvalue weighted by molar-refractivity contribution is 4.71. The van der Waals surface area contributed by atoms with Crippen molar-refractivity contribution in [2.75, 3.05) is 13.1 Å². The molecule has 1 heterocycles. The summed E-state index contributed by atoms with van der Waals surface area (Å²) < 4.78 is 0. The molecule has 0 aromatic heterocycles. The van der Waals surface area contributed by atoms with Gasteiger partial charge in [0.1, 0.15) is 0 Å². The van der Waals surface area contributed by atoms with E-state index in [1.54, 1.807) is 0 Å². The van der Waals surface area contributed by atoms with Crippen molar-refractivity contribution >= 4 is 0 Å². The molecule has 0 aliphatic carbocycles. The van der Waals surface area contributed by atoms with Crippen LogP contribution in [0.4, 0.5) is 0 Å². The van der Waals surface area contributed by atoms with Crippen LogP contribution in [-0.2, 0) is 0 Å². The van der Waals surface area contributed by atoms with Crippen LogP contribution < -0.4 is 5.32 Å². The molecule has 1 aliphatic rings. The molecule has 0 spiro atoms. The van der Waals surface area contributed by atoms with E-state index in [9.17, 15) is 0 Å². The predicted octanol–water partition coefficient (Wildman–Crippen LogP) is 0.307. The maximum atomic E-state index is 5.47. The van der Waals surface area contributed by atoms with Gasteiger partial charge >= 0.3 is 0 Å². The lowest BCUT2D eigenvalue weighted by Crippen LogP contribution is -2.06. The standard InChI is InChI=1S/C5H9N/c1-5-2-3-6-4-5/h1,5-6H,2-4H2. The molecule has 0 amide bonds. The van der Waals surface area contributed by atoms with E-state index in [0.717, 1.165) is 19.5 Å². The third-order valence-corrected chi connectivity index (χ3v) is 1.10. The fraction of sp³-hybridized carbons (Fsp3) is 0.800. The zero-order valence-corrected chi connectivity index (χ0v) is 3.78. The van der Waals surface area contributed by atoms with Crippen molar-refractivity contribution in [3.05, 3.63) is 6.92 Å². The molecule has 1 saturated heterocycles. The van der Waals surface area contributed by atoms with Gasteiger partial charge in [-0.05, 0) is 32.4 Å². The number of nitrogens with one attached hydrogen (secondary N) is 1. The van der Waals surface area contributed by atoms with Crippen molar-refractivity contribution in [3.63, 3.8) is 0 Å². The van der Waals surface area contributed by atoms with Crippen LogP contribution in [0.5, 0.6) is 0 Å². The lowest BCUT2D eigenvalue weighted by atomic mass is 10.2. The van der Waals surface area contributed by atoms with Gasteiger partial charge in [-0.25, -0.2) is 0 Å². The van der Waals surface area contributed by atoms with Crippen molar-refractivity contribution in [1.29, 1.82) is 0 Å². The Morgan fingerprint density at radius 3 is 2.67 bits per heavy atom. The van der Waals surface area contributed by atoms with E-state index >= 15 is 0 Å². The van der Waals surface area contributed by atoms with Gasteiger partial charge in [0.05, 0.1) is 0 Å². The van der Waals surface area contributed by atoms with Gasteiger partial charge in [0.15, 0.2) is 0 Å². The lowest BCUT2D eigenvalue weighted by molar-refractivity contribution is 0.724. The molecule has 0 saturated carbocycles. The smallest absolute Gasteiger partial charge is 0.00172 e. The average Bonchev–Trinajstić information content (AvgIpc) is 1.86. The predicted molar refractivity (Wildman–Crippen MR) is 25.3 cm³/mol. The molecule has 1 N–H and O–H groups in total. The zero-order valence-electron chi connectivity index (χ0n) is 3.78. The van der Waals surface area contributed by atoms with E-state index in [2.05, 4.69) is 5.32 Å². The molecular weight excluding hydrogens is 74.1 g/mol. The highest BCUT2D eigenvalue weighted by Crippen LogP contribution is 2.02. The van der Waals surface area contributed by atoms with Gasteiger partial charge in [-0.15, -0.1) is 0 Å². The highest BCUT2D eigenvalue weighted by atomic mass is 14.9. The van der Waals surface area contributed by atoms with E-state index in [1.165, 1.54) is 0 Å². The maximum Gasteiger partial charge on any atom is -0.00172 e. The molecule has 1 rings (SSSR count). The van der Waals surface area contributed by atoms with Crippen LogP contribution in [0.25, 0.3) is 0 Å². The summed E-state index contributed by atoms with van der Waals surface area (Å²) in [4.78, 5) is 0. The first-order valence-corrected chi connectivity index (χ1v) is 2.36. The Bertz CT molecular complexity index is 37.2. The first kappa shape index (κ1) is 4.13. The Morgan fingerprint density at radius 1 is 1.67 bits per heavy atom. The minimum absolute atomic E-state index is 0.435. The van der Waals surface area contributed by atoms with Crippen molar-refractivity contribution < 1.29 is 0 Å². The first-order chi connectivity index (χ1) is 2.89. The van der Waals surface area contributed by atoms with Gasteiger partial charge in [-0.3, -0.25) is 0 Å². The zero-order chi connectivity index (χ0) is 4.41. The third-order valence-electron chi connectivity index (χ3n) is 1.10. The van der Waals surface area contributed by atoms with Gasteiger partial charge in [0.25, 0.3) is 0 Å². The van der Waals surface area contributed by atoms with Crippen LogP contribution in [-0.4, -0.2) is 13.1 Å². The van der Waals surface area contributed by atoms with Crippen LogP contribution in [0.15, 0.2) is 0 Å². The van der Waals surface area contributed by atoms with Gasteiger partial charge < -0.3 is 5.32 Å². The lowest BCUT2D eigenvalue weighted by Gasteiger charge is -1.89. The van der Waals surface area contributed by atoms with Crippen molar-refractivity contribution in [1.82, 2.24) is 5.32 Å². The van der Waals surface area contributed by atoms with E-state index in [0.29, 0.717) is 5.92 Å². The monoisotopic (exact) mass is 83.1 g/mol. The summed E-state index contributed by atoms with van der Waals surface area (Å²) in [6.45, 7) is 7.60. The summed E-state index contributed by atoms with van der Waals surface area (Å²) in [6.07, 6.45) is 1.15. The largest absolute Gasteiger partial charge is 0.316 e. The molecule has 0 aromatic carbocycles. The molecule has 6 heavy (non-hydrogen) atoms. The van der Waals surface area contributed by atoms with Crippen LogP contribution >= 0.6 is 0 Å². The van der Waals surface area contributed by atoms with Crippen molar-refractivity contribution in [2.45, 2.75) is 6.42 Å². The van der Waals surface area contributed by atoms with E-state index in [1.807, 2.05) is 0 Å². The van der Waals surface area contributed by atoms with Gasteiger partial charge in [0, 0.05) is 0 Å². The molecule has 34 valence electrons. The summed E-state index contributed by atoms with van der Waals surface area (Å²) in [5.74, 6) is 0.435. The summed E-state index contributed by atoms with van der Waals surface area (Å²) in [6, 6.07) is 0. The molecule has 0 bridgehead atoms. The Balaban J connectivity index is 2.18. The first-order valence-electron chi connectivity index (χ1n) is 2.36.